The van der Waals surface area contributed by atoms with Crippen molar-refractivity contribution in [1.29, 1.82) is 0 Å². The number of rotatable bonds is 4. The molecule has 0 amide bonds. The Kier molecular flexibility index (Phi) is 3.55. The highest BCUT2D eigenvalue weighted by Gasteiger charge is 2.15. The second-order valence-corrected chi connectivity index (χ2v) is 7.95. The number of hydrogen-bond donors (Lipinski definition) is 2. The van der Waals surface area contributed by atoms with Crippen LogP contribution in [0.3, 0.4) is 0 Å². The number of aromatic amines is 1. The number of nitrogens with zero attached hydrogens (tertiary/aromatic N) is 2. The van der Waals surface area contributed by atoms with Crippen molar-refractivity contribution in [2.75, 3.05) is 4.72 Å². The van der Waals surface area contributed by atoms with Crippen LogP contribution in [-0.2, 0) is 10.0 Å². The summed E-state index contributed by atoms with van der Waals surface area (Å²) in [6.45, 7) is 0. The van der Waals surface area contributed by atoms with Crippen molar-refractivity contribution in [3.8, 4) is 11.4 Å². The molecule has 4 rings (SSSR count). The van der Waals surface area contributed by atoms with Gasteiger partial charge in [-0.1, -0.05) is 6.07 Å². The van der Waals surface area contributed by atoms with Crippen molar-refractivity contribution in [3.05, 3.63) is 60.2 Å². The smallest absolute Gasteiger partial charge is 0.271 e. The summed E-state index contributed by atoms with van der Waals surface area (Å²) < 4.78 is 27.4. The predicted octanol–water partition coefficient (Wildman–Crippen LogP) is 3.49. The van der Waals surface area contributed by atoms with Gasteiger partial charge in [0.15, 0.2) is 0 Å². The fourth-order valence-corrected chi connectivity index (χ4v) is 4.38. The number of imidazole rings is 1. The number of fused-ring (bicyclic) bond motifs is 1. The molecule has 0 bridgehead atoms. The average molecular weight is 356 g/mol. The molecule has 0 atom stereocenters. The van der Waals surface area contributed by atoms with Crippen molar-refractivity contribution < 1.29 is 8.42 Å². The second kappa shape index (κ2) is 5.73. The Morgan fingerprint density at radius 3 is 2.79 bits per heavy atom. The molecule has 2 N–H and O–H groups in total. The van der Waals surface area contributed by atoms with Crippen LogP contribution in [0.15, 0.2) is 64.4 Å². The van der Waals surface area contributed by atoms with Gasteiger partial charge in [0.2, 0.25) is 0 Å². The normalized spacial score (nSPS) is 11.7. The second-order valence-electron chi connectivity index (χ2n) is 5.10. The maximum Gasteiger partial charge on any atom is 0.271 e. The summed E-state index contributed by atoms with van der Waals surface area (Å²) in [7, 11) is -3.56. The van der Waals surface area contributed by atoms with Crippen molar-refractivity contribution in [3.63, 3.8) is 0 Å². The van der Waals surface area contributed by atoms with Crippen LogP contribution in [0, 0.1) is 0 Å². The molecule has 0 fully saturated rings. The maximum absolute atomic E-state index is 12.3. The fraction of sp³-hybridized carbons (Fsp3) is 0. The molecule has 0 aliphatic carbocycles. The van der Waals surface area contributed by atoms with Crippen molar-refractivity contribution in [1.82, 2.24) is 15.0 Å². The number of pyridine rings is 1. The van der Waals surface area contributed by atoms with Crippen molar-refractivity contribution >= 4 is 38.1 Å². The van der Waals surface area contributed by atoms with E-state index in [9.17, 15) is 8.42 Å². The molecule has 1 aromatic carbocycles. The number of sulfonamides is 1. The summed E-state index contributed by atoms with van der Waals surface area (Å²) in [5.74, 6) is 0.691. The molecule has 0 saturated heterocycles. The molecule has 4 aromatic rings. The van der Waals surface area contributed by atoms with Gasteiger partial charge in [0.25, 0.3) is 10.0 Å². The Balaban J connectivity index is 1.69. The van der Waals surface area contributed by atoms with Gasteiger partial charge in [-0.2, -0.15) is 0 Å². The van der Waals surface area contributed by atoms with Gasteiger partial charge in [-0.15, -0.1) is 11.3 Å². The average Bonchev–Trinajstić information content (AvgIpc) is 3.25. The number of benzene rings is 1. The molecule has 120 valence electrons. The lowest BCUT2D eigenvalue weighted by molar-refractivity contribution is 0.603. The van der Waals surface area contributed by atoms with E-state index in [0.717, 1.165) is 16.6 Å². The number of H-pyrrole nitrogens is 1. The van der Waals surface area contributed by atoms with E-state index in [0.29, 0.717) is 11.5 Å². The third-order valence-corrected chi connectivity index (χ3v) is 6.21. The van der Waals surface area contributed by atoms with Crippen LogP contribution >= 0.6 is 11.3 Å². The van der Waals surface area contributed by atoms with E-state index in [2.05, 4.69) is 19.7 Å². The molecule has 6 nitrogen and oxygen atoms in total. The standard InChI is InChI=1S/C16H12N4O2S2/c21-24(22,15-4-2-8-23-15)20-12-5-6-13-14(9-12)19-16(18-13)11-3-1-7-17-10-11/h1-10,20H,(H,18,19). The maximum atomic E-state index is 12.3. The first-order valence-electron chi connectivity index (χ1n) is 7.08. The highest BCUT2D eigenvalue weighted by molar-refractivity contribution is 7.94. The minimum atomic E-state index is -3.56. The Bertz CT molecular complexity index is 1090. The molecular formula is C16H12N4O2S2. The SMILES string of the molecule is O=S(=O)(Nc1ccc2nc(-c3cccnc3)[nH]c2c1)c1cccs1. The summed E-state index contributed by atoms with van der Waals surface area (Å²) in [6, 6.07) is 12.2. The number of thiophene rings is 1. The highest BCUT2D eigenvalue weighted by atomic mass is 32.2. The number of aromatic nitrogens is 3. The Labute approximate surface area is 142 Å². The number of anilines is 1. The Hall–Kier alpha value is -2.71. The minimum Gasteiger partial charge on any atom is -0.338 e. The molecule has 3 aromatic heterocycles. The third kappa shape index (κ3) is 2.77. The van der Waals surface area contributed by atoms with E-state index >= 15 is 0 Å². The predicted molar refractivity (Wildman–Crippen MR) is 94.5 cm³/mol. The molecule has 0 unspecified atom stereocenters. The molecular weight excluding hydrogens is 344 g/mol. The molecule has 0 aliphatic rings. The fourth-order valence-electron chi connectivity index (χ4n) is 2.33. The minimum absolute atomic E-state index is 0.281. The summed E-state index contributed by atoms with van der Waals surface area (Å²) in [5.41, 5.74) is 2.86. The summed E-state index contributed by atoms with van der Waals surface area (Å²) in [4.78, 5) is 11.8. The van der Waals surface area contributed by atoms with Crippen LogP contribution < -0.4 is 4.72 Å². The van der Waals surface area contributed by atoms with Gasteiger partial charge in [-0.25, -0.2) is 13.4 Å². The van der Waals surface area contributed by atoms with Crippen molar-refractivity contribution in [2.45, 2.75) is 4.21 Å². The molecule has 8 heteroatoms. The first-order valence-corrected chi connectivity index (χ1v) is 9.45. The van der Waals surface area contributed by atoms with E-state index in [4.69, 9.17) is 0 Å². The summed E-state index contributed by atoms with van der Waals surface area (Å²) in [6.07, 6.45) is 3.42. The lowest BCUT2D eigenvalue weighted by Crippen LogP contribution is -2.11. The topological polar surface area (TPSA) is 87.7 Å². The zero-order valence-electron chi connectivity index (χ0n) is 12.3. The van der Waals surface area contributed by atoms with Crippen LogP contribution in [0.5, 0.6) is 0 Å². The number of hydrogen-bond acceptors (Lipinski definition) is 5. The van der Waals surface area contributed by atoms with E-state index in [-0.39, 0.29) is 4.21 Å². The van der Waals surface area contributed by atoms with Gasteiger partial charge < -0.3 is 4.98 Å². The van der Waals surface area contributed by atoms with Crippen LogP contribution in [0.25, 0.3) is 22.4 Å². The van der Waals surface area contributed by atoms with Gasteiger partial charge in [0, 0.05) is 18.0 Å². The van der Waals surface area contributed by atoms with E-state index in [1.807, 2.05) is 12.1 Å². The van der Waals surface area contributed by atoms with E-state index in [1.165, 1.54) is 11.3 Å². The van der Waals surface area contributed by atoms with Crippen molar-refractivity contribution in [2.24, 2.45) is 0 Å². The van der Waals surface area contributed by atoms with Crippen LogP contribution in [-0.4, -0.2) is 23.4 Å². The largest absolute Gasteiger partial charge is 0.338 e. The third-order valence-electron chi connectivity index (χ3n) is 3.43. The first-order chi connectivity index (χ1) is 11.6. The monoisotopic (exact) mass is 356 g/mol. The van der Waals surface area contributed by atoms with Crippen LogP contribution in [0.1, 0.15) is 0 Å². The van der Waals surface area contributed by atoms with E-state index in [1.54, 1.807) is 48.1 Å². The molecule has 0 aliphatic heterocycles. The zero-order valence-corrected chi connectivity index (χ0v) is 13.9. The molecule has 0 spiro atoms. The van der Waals surface area contributed by atoms with Crippen LogP contribution in [0.2, 0.25) is 0 Å². The molecule has 3 heterocycles. The van der Waals surface area contributed by atoms with Gasteiger partial charge in [0.05, 0.1) is 16.7 Å². The number of nitrogens with one attached hydrogen (secondary N) is 2. The van der Waals surface area contributed by atoms with Gasteiger partial charge in [0.1, 0.15) is 10.0 Å². The summed E-state index contributed by atoms with van der Waals surface area (Å²) >= 11 is 1.18. The molecule has 24 heavy (non-hydrogen) atoms. The zero-order chi connectivity index (χ0) is 16.6. The van der Waals surface area contributed by atoms with Gasteiger partial charge >= 0.3 is 0 Å². The summed E-state index contributed by atoms with van der Waals surface area (Å²) in [5, 5.41) is 1.73. The highest BCUT2D eigenvalue weighted by Crippen LogP contribution is 2.25. The van der Waals surface area contributed by atoms with Gasteiger partial charge in [-0.05, 0) is 41.8 Å². The molecule has 0 saturated carbocycles. The Morgan fingerprint density at radius 2 is 2.04 bits per heavy atom. The lowest BCUT2D eigenvalue weighted by atomic mass is 10.3. The quantitative estimate of drug-likeness (QED) is 0.586. The first kappa shape index (κ1) is 14.9. The lowest BCUT2D eigenvalue weighted by Gasteiger charge is -2.05. The van der Waals surface area contributed by atoms with E-state index < -0.39 is 10.0 Å². The Morgan fingerprint density at radius 1 is 1.12 bits per heavy atom. The van der Waals surface area contributed by atoms with Gasteiger partial charge in [-0.3, -0.25) is 9.71 Å². The molecule has 0 radical (unpaired) electrons. The van der Waals surface area contributed by atoms with Crippen LogP contribution in [0.4, 0.5) is 5.69 Å².